The highest BCUT2D eigenvalue weighted by atomic mass is 16.2. The Hall–Kier alpha value is -2.37. The third-order valence-corrected chi connectivity index (χ3v) is 3.26. The molecule has 1 unspecified atom stereocenters. The van der Waals surface area contributed by atoms with E-state index in [9.17, 15) is 4.79 Å². The number of rotatable bonds is 4. The van der Waals surface area contributed by atoms with Gasteiger partial charge in [-0.1, -0.05) is 6.92 Å². The molecule has 1 amide bonds. The monoisotopic (exact) mass is 273 g/mol. The molecule has 2 aromatic rings. The molecule has 0 aliphatic rings. The number of pyridine rings is 1. The second-order valence-corrected chi connectivity index (χ2v) is 4.66. The van der Waals surface area contributed by atoms with Crippen LogP contribution in [0.4, 0.5) is 5.69 Å². The van der Waals surface area contributed by atoms with Crippen LogP contribution in [-0.4, -0.2) is 20.7 Å². The summed E-state index contributed by atoms with van der Waals surface area (Å²) in [7, 11) is 1.72. The van der Waals surface area contributed by atoms with Crippen molar-refractivity contribution >= 4 is 11.6 Å². The first-order valence-corrected chi connectivity index (χ1v) is 6.56. The van der Waals surface area contributed by atoms with Crippen molar-refractivity contribution in [2.24, 2.45) is 7.05 Å². The van der Waals surface area contributed by atoms with E-state index in [0.717, 1.165) is 11.3 Å². The normalized spacial score (nSPS) is 12.2. The van der Waals surface area contributed by atoms with Crippen LogP contribution in [0.15, 0.2) is 24.5 Å². The number of aryl methyl sites for hydroxylation is 2. The minimum absolute atomic E-state index is 0.120. The topological polar surface area (TPSA) is 85.8 Å². The van der Waals surface area contributed by atoms with Crippen LogP contribution >= 0.6 is 0 Å². The standard InChI is InChI=1S/C14H19N5O/c1-4-11-12(15)13(19(3)18-11)14(20)17-9(2)10-5-7-16-8-6-10/h5-9H,4,15H2,1-3H3,(H,17,20). The van der Waals surface area contributed by atoms with Gasteiger partial charge in [0.1, 0.15) is 5.69 Å². The molecule has 0 spiro atoms. The van der Waals surface area contributed by atoms with Crippen LogP contribution in [0.1, 0.15) is 41.6 Å². The molecular weight excluding hydrogens is 254 g/mol. The molecule has 0 aromatic carbocycles. The molecule has 3 N–H and O–H groups in total. The lowest BCUT2D eigenvalue weighted by Gasteiger charge is -2.14. The molecule has 2 aromatic heterocycles. The van der Waals surface area contributed by atoms with E-state index < -0.39 is 0 Å². The quantitative estimate of drug-likeness (QED) is 0.882. The minimum Gasteiger partial charge on any atom is -0.395 e. The molecule has 2 heterocycles. The molecule has 0 fully saturated rings. The largest absolute Gasteiger partial charge is 0.395 e. The minimum atomic E-state index is -0.221. The van der Waals surface area contributed by atoms with E-state index in [4.69, 9.17) is 5.73 Å². The smallest absolute Gasteiger partial charge is 0.272 e. The number of nitrogens with zero attached hydrogens (tertiary/aromatic N) is 3. The van der Waals surface area contributed by atoms with Gasteiger partial charge >= 0.3 is 0 Å². The van der Waals surface area contributed by atoms with Gasteiger partial charge in [-0.3, -0.25) is 14.5 Å². The van der Waals surface area contributed by atoms with Gasteiger partial charge in [0.05, 0.1) is 17.4 Å². The van der Waals surface area contributed by atoms with Crippen molar-refractivity contribution in [1.82, 2.24) is 20.1 Å². The summed E-state index contributed by atoms with van der Waals surface area (Å²) < 4.78 is 1.53. The maximum absolute atomic E-state index is 12.3. The van der Waals surface area contributed by atoms with E-state index in [-0.39, 0.29) is 11.9 Å². The highest BCUT2D eigenvalue weighted by Gasteiger charge is 2.20. The number of hydrogen-bond donors (Lipinski definition) is 2. The fraction of sp³-hybridized carbons (Fsp3) is 0.357. The molecule has 1 atom stereocenters. The van der Waals surface area contributed by atoms with Crippen LogP contribution in [0.3, 0.4) is 0 Å². The fourth-order valence-corrected chi connectivity index (χ4v) is 2.13. The van der Waals surface area contributed by atoms with Gasteiger partial charge in [-0.25, -0.2) is 0 Å². The summed E-state index contributed by atoms with van der Waals surface area (Å²) >= 11 is 0. The van der Waals surface area contributed by atoms with E-state index in [2.05, 4.69) is 15.4 Å². The molecule has 6 nitrogen and oxygen atoms in total. The van der Waals surface area contributed by atoms with Gasteiger partial charge in [0.2, 0.25) is 0 Å². The number of anilines is 1. The molecule has 20 heavy (non-hydrogen) atoms. The summed E-state index contributed by atoms with van der Waals surface area (Å²) in [6.07, 6.45) is 4.10. The van der Waals surface area contributed by atoms with Crippen molar-refractivity contribution in [2.75, 3.05) is 5.73 Å². The number of nitrogens with one attached hydrogen (secondary N) is 1. The van der Waals surface area contributed by atoms with Crippen LogP contribution in [0, 0.1) is 0 Å². The molecule has 0 aliphatic carbocycles. The highest BCUT2D eigenvalue weighted by Crippen LogP contribution is 2.18. The van der Waals surface area contributed by atoms with Gasteiger partial charge in [0.25, 0.3) is 5.91 Å². The van der Waals surface area contributed by atoms with Crippen molar-refractivity contribution in [3.63, 3.8) is 0 Å². The molecule has 0 saturated carbocycles. The molecule has 0 radical (unpaired) electrons. The van der Waals surface area contributed by atoms with Gasteiger partial charge in [0.15, 0.2) is 0 Å². The molecule has 106 valence electrons. The maximum atomic E-state index is 12.3. The lowest BCUT2D eigenvalue weighted by molar-refractivity contribution is 0.0931. The van der Waals surface area contributed by atoms with Gasteiger partial charge in [-0.15, -0.1) is 0 Å². The Bertz CT molecular complexity index is 606. The second-order valence-electron chi connectivity index (χ2n) is 4.66. The SMILES string of the molecule is CCc1nn(C)c(C(=O)NC(C)c2ccncc2)c1N. The van der Waals surface area contributed by atoms with E-state index >= 15 is 0 Å². The number of carbonyl (C=O) groups excluding carboxylic acids is 1. The molecule has 0 bridgehead atoms. The van der Waals surface area contributed by atoms with Crippen molar-refractivity contribution in [2.45, 2.75) is 26.3 Å². The maximum Gasteiger partial charge on any atom is 0.272 e. The number of nitrogens with two attached hydrogens (primary N) is 1. The van der Waals surface area contributed by atoms with Crippen molar-refractivity contribution in [1.29, 1.82) is 0 Å². The van der Waals surface area contributed by atoms with E-state index in [1.54, 1.807) is 19.4 Å². The first-order chi connectivity index (χ1) is 9.54. The second kappa shape index (κ2) is 5.73. The van der Waals surface area contributed by atoms with Crippen LogP contribution < -0.4 is 11.1 Å². The predicted molar refractivity (Wildman–Crippen MR) is 77.1 cm³/mol. The van der Waals surface area contributed by atoms with E-state index in [1.807, 2.05) is 26.0 Å². The van der Waals surface area contributed by atoms with Gasteiger partial charge < -0.3 is 11.1 Å². The Morgan fingerprint density at radius 3 is 2.65 bits per heavy atom. The van der Waals surface area contributed by atoms with Crippen LogP contribution in [0.5, 0.6) is 0 Å². The first kappa shape index (κ1) is 14.0. The van der Waals surface area contributed by atoms with Crippen LogP contribution in [0.25, 0.3) is 0 Å². The molecular formula is C14H19N5O. The molecule has 0 aliphatic heterocycles. The van der Waals surface area contributed by atoms with Crippen LogP contribution in [0.2, 0.25) is 0 Å². The first-order valence-electron chi connectivity index (χ1n) is 6.56. The number of aromatic nitrogens is 3. The number of amides is 1. The summed E-state index contributed by atoms with van der Waals surface area (Å²) in [5.41, 5.74) is 8.57. The zero-order chi connectivity index (χ0) is 14.7. The Kier molecular flexibility index (Phi) is 4.02. The average Bonchev–Trinajstić information content (AvgIpc) is 2.74. The zero-order valence-corrected chi connectivity index (χ0v) is 11.9. The Balaban J connectivity index is 2.19. The number of nitrogen functional groups attached to an aromatic ring is 1. The van der Waals surface area contributed by atoms with Crippen molar-refractivity contribution in [3.8, 4) is 0 Å². The van der Waals surface area contributed by atoms with E-state index in [1.165, 1.54) is 4.68 Å². The summed E-state index contributed by atoms with van der Waals surface area (Å²) in [6, 6.07) is 3.62. The third-order valence-electron chi connectivity index (χ3n) is 3.26. The average molecular weight is 273 g/mol. The van der Waals surface area contributed by atoms with Gasteiger partial charge in [0, 0.05) is 19.4 Å². The fourth-order valence-electron chi connectivity index (χ4n) is 2.13. The predicted octanol–water partition coefficient (Wildman–Crippen LogP) is 1.45. The summed E-state index contributed by atoms with van der Waals surface area (Å²) in [5.74, 6) is -0.221. The van der Waals surface area contributed by atoms with Gasteiger partial charge in [-0.05, 0) is 31.0 Å². The Labute approximate surface area is 118 Å². The van der Waals surface area contributed by atoms with E-state index in [0.29, 0.717) is 17.8 Å². The third kappa shape index (κ3) is 2.64. The highest BCUT2D eigenvalue weighted by molar-refractivity contribution is 5.98. The number of hydrogen-bond acceptors (Lipinski definition) is 4. The lowest BCUT2D eigenvalue weighted by atomic mass is 10.1. The van der Waals surface area contributed by atoms with Crippen LogP contribution in [-0.2, 0) is 13.5 Å². The van der Waals surface area contributed by atoms with Gasteiger partial charge in [-0.2, -0.15) is 5.10 Å². The Morgan fingerprint density at radius 1 is 1.45 bits per heavy atom. The number of carbonyl (C=O) groups is 1. The molecule has 0 saturated heterocycles. The zero-order valence-electron chi connectivity index (χ0n) is 11.9. The lowest BCUT2D eigenvalue weighted by Crippen LogP contribution is -2.29. The molecule has 2 rings (SSSR count). The summed E-state index contributed by atoms with van der Waals surface area (Å²) in [4.78, 5) is 16.3. The summed E-state index contributed by atoms with van der Waals surface area (Å²) in [6.45, 7) is 3.88. The molecule has 6 heteroatoms. The summed E-state index contributed by atoms with van der Waals surface area (Å²) in [5, 5.41) is 7.17. The van der Waals surface area contributed by atoms with Crippen molar-refractivity contribution in [3.05, 3.63) is 41.5 Å². The van der Waals surface area contributed by atoms with Crippen molar-refractivity contribution < 1.29 is 4.79 Å². The Morgan fingerprint density at radius 2 is 2.10 bits per heavy atom.